The molecule has 6 heteroatoms. The standard InChI is InChI=1S/C15H15ClFN3S/c1-9-8-18-15(21-9)10(2)20-13-4-3-11(17)7-12(13)19-14(20)5-6-16/h3-4,7-8,10H,5-6H2,1-2H3. The molecule has 1 aromatic carbocycles. The molecule has 0 N–H and O–H groups in total. The largest absolute Gasteiger partial charge is 0.318 e. The molecule has 0 amide bonds. The molecule has 0 aliphatic carbocycles. The molecule has 0 radical (unpaired) electrons. The van der Waals surface area contributed by atoms with Crippen LogP contribution < -0.4 is 0 Å². The summed E-state index contributed by atoms with van der Waals surface area (Å²) in [5.74, 6) is 1.07. The van der Waals surface area contributed by atoms with Crippen molar-refractivity contribution in [2.24, 2.45) is 0 Å². The SMILES string of the molecule is Cc1cnc(C(C)n2c(CCCl)nc3cc(F)ccc32)s1. The van der Waals surface area contributed by atoms with Gasteiger partial charge in [-0.15, -0.1) is 22.9 Å². The number of halogens is 2. The summed E-state index contributed by atoms with van der Waals surface area (Å²) >= 11 is 7.55. The van der Waals surface area contributed by atoms with Crippen molar-refractivity contribution in [3.8, 4) is 0 Å². The van der Waals surface area contributed by atoms with E-state index in [9.17, 15) is 4.39 Å². The molecule has 3 rings (SSSR count). The third-order valence-electron chi connectivity index (χ3n) is 3.43. The highest BCUT2D eigenvalue weighted by atomic mass is 35.5. The first-order valence-electron chi connectivity index (χ1n) is 6.75. The van der Waals surface area contributed by atoms with Crippen molar-refractivity contribution in [2.45, 2.75) is 26.3 Å². The zero-order valence-corrected chi connectivity index (χ0v) is 13.4. The Morgan fingerprint density at radius 1 is 1.43 bits per heavy atom. The van der Waals surface area contributed by atoms with Crippen LogP contribution in [0.4, 0.5) is 4.39 Å². The topological polar surface area (TPSA) is 30.7 Å². The van der Waals surface area contributed by atoms with Gasteiger partial charge in [-0.2, -0.15) is 0 Å². The number of hydrogen-bond acceptors (Lipinski definition) is 3. The molecule has 1 unspecified atom stereocenters. The third-order valence-corrected chi connectivity index (χ3v) is 4.70. The lowest BCUT2D eigenvalue weighted by Gasteiger charge is -2.15. The van der Waals surface area contributed by atoms with E-state index in [4.69, 9.17) is 11.6 Å². The number of thiazole rings is 1. The predicted octanol–water partition coefficient (Wildman–Crippen LogP) is 4.33. The van der Waals surface area contributed by atoms with Crippen LogP contribution in [0.3, 0.4) is 0 Å². The van der Waals surface area contributed by atoms with Crippen LogP contribution in [0.5, 0.6) is 0 Å². The average Bonchev–Trinajstić information content (AvgIpc) is 3.01. The van der Waals surface area contributed by atoms with Gasteiger partial charge in [0.2, 0.25) is 0 Å². The lowest BCUT2D eigenvalue weighted by Crippen LogP contribution is -2.11. The monoisotopic (exact) mass is 323 g/mol. The molecule has 110 valence electrons. The van der Waals surface area contributed by atoms with Crippen molar-refractivity contribution in [2.75, 3.05) is 5.88 Å². The quantitative estimate of drug-likeness (QED) is 0.669. The fourth-order valence-electron chi connectivity index (χ4n) is 2.49. The maximum Gasteiger partial charge on any atom is 0.125 e. The van der Waals surface area contributed by atoms with Gasteiger partial charge in [-0.3, -0.25) is 0 Å². The molecule has 1 atom stereocenters. The first-order valence-corrected chi connectivity index (χ1v) is 8.10. The van der Waals surface area contributed by atoms with E-state index in [1.807, 2.05) is 13.1 Å². The van der Waals surface area contributed by atoms with Crippen molar-refractivity contribution in [1.82, 2.24) is 14.5 Å². The minimum absolute atomic E-state index is 0.0531. The summed E-state index contributed by atoms with van der Waals surface area (Å²) in [6.07, 6.45) is 2.52. The van der Waals surface area contributed by atoms with Gasteiger partial charge < -0.3 is 4.57 Å². The van der Waals surface area contributed by atoms with E-state index in [0.29, 0.717) is 17.8 Å². The summed E-state index contributed by atoms with van der Waals surface area (Å²) in [6, 6.07) is 4.75. The molecule has 0 bridgehead atoms. The van der Waals surface area contributed by atoms with Gasteiger partial charge in [0.15, 0.2) is 0 Å². The Balaban J connectivity index is 2.16. The Kier molecular flexibility index (Phi) is 3.95. The molecule has 0 saturated heterocycles. The first-order chi connectivity index (χ1) is 10.1. The minimum Gasteiger partial charge on any atom is -0.318 e. The number of alkyl halides is 1. The second-order valence-electron chi connectivity index (χ2n) is 4.96. The lowest BCUT2D eigenvalue weighted by atomic mass is 10.2. The normalized spacial score (nSPS) is 13.0. The molecule has 0 spiro atoms. The van der Waals surface area contributed by atoms with Gasteiger partial charge in [-0.1, -0.05) is 0 Å². The first kappa shape index (κ1) is 14.5. The highest BCUT2D eigenvalue weighted by Crippen LogP contribution is 2.29. The highest BCUT2D eigenvalue weighted by molar-refractivity contribution is 7.11. The van der Waals surface area contributed by atoms with E-state index in [2.05, 4.69) is 21.5 Å². The lowest BCUT2D eigenvalue weighted by molar-refractivity contribution is 0.618. The number of fused-ring (bicyclic) bond motifs is 1. The summed E-state index contributed by atoms with van der Waals surface area (Å²) < 4.78 is 15.5. The summed E-state index contributed by atoms with van der Waals surface area (Å²) in [5.41, 5.74) is 1.58. The number of aryl methyl sites for hydroxylation is 2. The van der Waals surface area contributed by atoms with Crippen molar-refractivity contribution < 1.29 is 4.39 Å². The number of imidazole rings is 1. The third kappa shape index (κ3) is 2.68. The van der Waals surface area contributed by atoms with E-state index in [1.165, 1.54) is 17.0 Å². The summed E-state index contributed by atoms with van der Waals surface area (Å²) in [6.45, 7) is 4.12. The van der Waals surface area contributed by atoms with Crippen molar-refractivity contribution in [1.29, 1.82) is 0 Å². The molecular weight excluding hydrogens is 309 g/mol. The van der Waals surface area contributed by atoms with Gasteiger partial charge in [-0.05, 0) is 26.0 Å². The fourth-order valence-corrected chi connectivity index (χ4v) is 3.48. The van der Waals surface area contributed by atoms with E-state index in [-0.39, 0.29) is 11.9 Å². The van der Waals surface area contributed by atoms with Gasteiger partial charge in [0.05, 0.1) is 17.1 Å². The van der Waals surface area contributed by atoms with Crippen LogP contribution in [-0.2, 0) is 6.42 Å². The van der Waals surface area contributed by atoms with Gasteiger partial charge in [0, 0.05) is 29.4 Å². The maximum absolute atomic E-state index is 13.4. The van der Waals surface area contributed by atoms with Crippen LogP contribution in [0.2, 0.25) is 0 Å². The number of hydrogen-bond donors (Lipinski definition) is 0. The molecule has 3 aromatic rings. The molecule has 2 heterocycles. The summed E-state index contributed by atoms with van der Waals surface area (Å²) in [5, 5.41) is 1.02. The molecule has 21 heavy (non-hydrogen) atoms. The van der Waals surface area contributed by atoms with Crippen LogP contribution in [-0.4, -0.2) is 20.4 Å². The van der Waals surface area contributed by atoms with Crippen molar-refractivity contribution >= 4 is 34.0 Å². The summed E-state index contributed by atoms with van der Waals surface area (Å²) in [7, 11) is 0. The summed E-state index contributed by atoms with van der Waals surface area (Å²) in [4.78, 5) is 10.2. The van der Waals surface area contributed by atoms with Crippen molar-refractivity contribution in [3.63, 3.8) is 0 Å². The van der Waals surface area contributed by atoms with Gasteiger partial charge in [-0.25, -0.2) is 14.4 Å². The molecular formula is C15H15ClFN3S. The highest BCUT2D eigenvalue weighted by Gasteiger charge is 2.19. The zero-order chi connectivity index (χ0) is 15.0. The Labute approximate surface area is 131 Å². The molecule has 2 aromatic heterocycles. The second kappa shape index (κ2) is 5.73. The molecule has 0 aliphatic rings. The second-order valence-corrected chi connectivity index (χ2v) is 6.60. The average molecular weight is 324 g/mol. The number of nitrogens with zero attached hydrogens (tertiary/aromatic N) is 3. The molecule has 0 fully saturated rings. The molecule has 0 saturated carbocycles. The van der Waals surface area contributed by atoms with E-state index in [0.717, 1.165) is 16.3 Å². The Morgan fingerprint density at radius 3 is 2.90 bits per heavy atom. The predicted molar refractivity (Wildman–Crippen MR) is 84.8 cm³/mol. The maximum atomic E-state index is 13.4. The fraction of sp³-hybridized carbons (Fsp3) is 0.333. The number of rotatable bonds is 4. The van der Waals surface area contributed by atoms with Crippen molar-refractivity contribution in [3.05, 3.63) is 45.9 Å². The Morgan fingerprint density at radius 2 is 2.24 bits per heavy atom. The van der Waals surface area contributed by atoms with Crippen LogP contribution in [0, 0.1) is 12.7 Å². The minimum atomic E-state index is -0.276. The van der Waals surface area contributed by atoms with E-state index < -0.39 is 0 Å². The van der Waals surface area contributed by atoms with E-state index in [1.54, 1.807) is 17.4 Å². The Bertz CT molecular complexity index is 780. The van der Waals surface area contributed by atoms with Gasteiger partial charge in [0.1, 0.15) is 16.6 Å². The smallest absolute Gasteiger partial charge is 0.125 e. The number of benzene rings is 1. The number of aromatic nitrogens is 3. The van der Waals surface area contributed by atoms with E-state index >= 15 is 0 Å². The van der Waals surface area contributed by atoms with Gasteiger partial charge >= 0.3 is 0 Å². The molecule has 0 aliphatic heterocycles. The van der Waals surface area contributed by atoms with Crippen LogP contribution in [0.1, 0.15) is 28.7 Å². The van der Waals surface area contributed by atoms with Crippen LogP contribution in [0.15, 0.2) is 24.4 Å². The van der Waals surface area contributed by atoms with Crippen LogP contribution in [0.25, 0.3) is 11.0 Å². The Hall–Kier alpha value is -1.46. The van der Waals surface area contributed by atoms with Gasteiger partial charge in [0.25, 0.3) is 0 Å². The molecule has 3 nitrogen and oxygen atoms in total. The van der Waals surface area contributed by atoms with Crippen LogP contribution >= 0.6 is 22.9 Å². The zero-order valence-electron chi connectivity index (χ0n) is 11.8.